The molecule has 0 aliphatic rings. The lowest BCUT2D eigenvalue weighted by Gasteiger charge is -2.10. The second-order valence-electron chi connectivity index (χ2n) is 3.14. The van der Waals surface area contributed by atoms with Crippen LogP contribution >= 0.6 is 0 Å². The van der Waals surface area contributed by atoms with Crippen LogP contribution in [0.4, 0.5) is 5.82 Å². The number of aromatic nitrogens is 3. The van der Waals surface area contributed by atoms with E-state index in [1.807, 2.05) is 31.1 Å². The molecule has 4 heteroatoms. The van der Waals surface area contributed by atoms with Crippen molar-refractivity contribution in [1.82, 2.24) is 14.6 Å². The molecule has 14 heavy (non-hydrogen) atoms. The number of nitrogens with zero attached hydrogens (tertiary/aromatic N) is 4. The van der Waals surface area contributed by atoms with Crippen molar-refractivity contribution in [3.8, 4) is 12.3 Å². The molecule has 2 aromatic heterocycles. The average Bonchev–Trinajstić information content (AvgIpc) is 2.59. The highest BCUT2D eigenvalue weighted by molar-refractivity contribution is 5.48. The van der Waals surface area contributed by atoms with E-state index in [1.165, 1.54) is 0 Å². The van der Waals surface area contributed by atoms with E-state index in [0.717, 1.165) is 11.5 Å². The SMILES string of the molecule is C#Cc1cnc2ccc(N(C)C)nn12. The Kier molecular flexibility index (Phi) is 1.86. The molecule has 0 saturated carbocycles. The first-order valence-corrected chi connectivity index (χ1v) is 4.21. The summed E-state index contributed by atoms with van der Waals surface area (Å²) in [7, 11) is 3.86. The smallest absolute Gasteiger partial charge is 0.155 e. The summed E-state index contributed by atoms with van der Waals surface area (Å²) < 4.78 is 1.66. The van der Waals surface area contributed by atoms with Gasteiger partial charge in [-0.15, -0.1) is 11.5 Å². The monoisotopic (exact) mass is 186 g/mol. The Bertz CT molecular complexity index is 504. The molecule has 0 spiro atoms. The third kappa shape index (κ3) is 1.19. The summed E-state index contributed by atoms with van der Waals surface area (Å²) in [6.45, 7) is 0. The van der Waals surface area contributed by atoms with Crippen LogP contribution in [0.1, 0.15) is 5.69 Å². The molecule has 0 fully saturated rings. The minimum Gasteiger partial charge on any atom is -0.361 e. The Morgan fingerprint density at radius 1 is 1.43 bits per heavy atom. The summed E-state index contributed by atoms with van der Waals surface area (Å²) in [5, 5.41) is 4.34. The maximum Gasteiger partial charge on any atom is 0.155 e. The van der Waals surface area contributed by atoms with E-state index in [4.69, 9.17) is 6.42 Å². The minimum atomic E-state index is 0.670. The lowest BCUT2D eigenvalue weighted by atomic mass is 10.5. The van der Waals surface area contributed by atoms with Gasteiger partial charge in [-0.2, -0.15) is 0 Å². The molecule has 0 amide bonds. The van der Waals surface area contributed by atoms with E-state index in [9.17, 15) is 0 Å². The van der Waals surface area contributed by atoms with Gasteiger partial charge in [0.2, 0.25) is 0 Å². The average molecular weight is 186 g/mol. The van der Waals surface area contributed by atoms with E-state index in [1.54, 1.807) is 10.7 Å². The maximum atomic E-state index is 5.32. The van der Waals surface area contributed by atoms with Crippen molar-refractivity contribution in [2.45, 2.75) is 0 Å². The van der Waals surface area contributed by atoms with E-state index < -0.39 is 0 Å². The topological polar surface area (TPSA) is 33.4 Å². The van der Waals surface area contributed by atoms with E-state index in [-0.39, 0.29) is 0 Å². The van der Waals surface area contributed by atoms with Crippen LogP contribution in [0.2, 0.25) is 0 Å². The van der Waals surface area contributed by atoms with Gasteiger partial charge in [0, 0.05) is 14.1 Å². The Labute approximate surface area is 82.2 Å². The van der Waals surface area contributed by atoms with Crippen molar-refractivity contribution in [2.75, 3.05) is 19.0 Å². The van der Waals surface area contributed by atoms with Gasteiger partial charge in [-0.25, -0.2) is 9.50 Å². The summed E-state index contributed by atoms with van der Waals surface area (Å²) in [6.07, 6.45) is 6.96. The predicted octanol–water partition coefficient (Wildman–Crippen LogP) is 0.777. The molecule has 0 radical (unpaired) electrons. The van der Waals surface area contributed by atoms with E-state index in [0.29, 0.717) is 5.69 Å². The standard InChI is InChI=1S/C10H10N4/c1-4-8-7-11-9-5-6-10(13(2)3)12-14(8)9/h1,5-7H,2-3H3. The fraction of sp³-hybridized carbons (Fsp3) is 0.200. The van der Waals surface area contributed by atoms with E-state index in [2.05, 4.69) is 16.0 Å². The van der Waals surface area contributed by atoms with Crippen LogP contribution in [0.5, 0.6) is 0 Å². The van der Waals surface area contributed by atoms with Crippen LogP contribution < -0.4 is 4.90 Å². The molecule has 2 heterocycles. The molecule has 70 valence electrons. The fourth-order valence-electron chi connectivity index (χ4n) is 1.20. The molecule has 0 atom stereocenters. The zero-order chi connectivity index (χ0) is 10.1. The van der Waals surface area contributed by atoms with Gasteiger partial charge in [0.1, 0.15) is 11.5 Å². The molecule has 0 N–H and O–H groups in total. The van der Waals surface area contributed by atoms with Crippen LogP contribution in [0.3, 0.4) is 0 Å². The van der Waals surface area contributed by atoms with Crippen molar-refractivity contribution in [3.05, 3.63) is 24.0 Å². The van der Waals surface area contributed by atoms with Crippen molar-refractivity contribution < 1.29 is 0 Å². The minimum absolute atomic E-state index is 0.670. The first-order valence-electron chi connectivity index (χ1n) is 4.21. The summed E-state index contributed by atoms with van der Waals surface area (Å²) >= 11 is 0. The van der Waals surface area contributed by atoms with Gasteiger partial charge in [-0.3, -0.25) is 0 Å². The second-order valence-corrected chi connectivity index (χ2v) is 3.14. The van der Waals surface area contributed by atoms with Gasteiger partial charge in [0.25, 0.3) is 0 Å². The van der Waals surface area contributed by atoms with E-state index >= 15 is 0 Å². The van der Waals surface area contributed by atoms with Gasteiger partial charge >= 0.3 is 0 Å². The fourth-order valence-corrected chi connectivity index (χ4v) is 1.20. The predicted molar refractivity (Wildman–Crippen MR) is 55.2 cm³/mol. The quantitative estimate of drug-likeness (QED) is 0.617. The van der Waals surface area contributed by atoms with Crippen LogP contribution in [0.25, 0.3) is 5.65 Å². The first-order chi connectivity index (χ1) is 6.72. The number of hydrogen-bond acceptors (Lipinski definition) is 3. The molecular weight excluding hydrogens is 176 g/mol. The molecular formula is C10H10N4. The largest absolute Gasteiger partial charge is 0.361 e. The summed E-state index contributed by atoms with van der Waals surface area (Å²) in [4.78, 5) is 6.05. The highest BCUT2D eigenvalue weighted by Crippen LogP contribution is 2.09. The van der Waals surface area contributed by atoms with Gasteiger partial charge in [0.05, 0.1) is 6.20 Å². The van der Waals surface area contributed by atoms with Gasteiger partial charge < -0.3 is 4.90 Å². The second kappa shape index (κ2) is 3.04. The maximum absolute atomic E-state index is 5.32. The van der Waals surface area contributed by atoms with Crippen molar-refractivity contribution in [3.63, 3.8) is 0 Å². The molecule has 0 aliphatic heterocycles. The molecule has 0 saturated heterocycles. The van der Waals surface area contributed by atoms with Crippen molar-refractivity contribution in [1.29, 1.82) is 0 Å². The number of terminal acetylenes is 1. The highest BCUT2D eigenvalue weighted by atomic mass is 15.3. The summed E-state index contributed by atoms with van der Waals surface area (Å²) in [5.41, 5.74) is 1.44. The molecule has 0 aliphatic carbocycles. The normalized spacial score (nSPS) is 10.1. The summed E-state index contributed by atoms with van der Waals surface area (Å²) in [6, 6.07) is 3.80. The third-order valence-corrected chi connectivity index (χ3v) is 1.95. The Morgan fingerprint density at radius 3 is 2.86 bits per heavy atom. The van der Waals surface area contributed by atoms with Gasteiger partial charge in [-0.1, -0.05) is 0 Å². The van der Waals surface area contributed by atoms with Crippen LogP contribution in [0, 0.1) is 12.3 Å². The van der Waals surface area contributed by atoms with Crippen LogP contribution in [-0.2, 0) is 0 Å². The molecule has 2 rings (SSSR count). The lowest BCUT2D eigenvalue weighted by Crippen LogP contribution is -2.12. The molecule has 2 aromatic rings. The number of rotatable bonds is 1. The van der Waals surface area contributed by atoms with Crippen LogP contribution in [-0.4, -0.2) is 28.7 Å². The van der Waals surface area contributed by atoms with Crippen molar-refractivity contribution in [2.24, 2.45) is 0 Å². The lowest BCUT2D eigenvalue weighted by molar-refractivity contribution is 0.892. The van der Waals surface area contributed by atoms with Gasteiger partial charge in [0.15, 0.2) is 5.65 Å². The summed E-state index contributed by atoms with van der Waals surface area (Å²) in [5.74, 6) is 3.39. The Morgan fingerprint density at radius 2 is 2.21 bits per heavy atom. The Balaban J connectivity index is 2.69. The molecule has 0 unspecified atom stereocenters. The van der Waals surface area contributed by atoms with Gasteiger partial charge in [-0.05, 0) is 18.1 Å². The molecule has 4 nitrogen and oxygen atoms in total. The number of hydrogen-bond donors (Lipinski definition) is 0. The third-order valence-electron chi connectivity index (χ3n) is 1.95. The first kappa shape index (κ1) is 8.57. The van der Waals surface area contributed by atoms with Crippen molar-refractivity contribution >= 4 is 11.5 Å². The number of anilines is 1. The number of fused-ring (bicyclic) bond motifs is 1. The number of imidazole rings is 1. The van der Waals surface area contributed by atoms with Crippen LogP contribution in [0.15, 0.2) is 18.3 Å². The Hall–Kier alpha value is -2.02. The molecule has 0 bridgehead atoms. The highest BCUT2D eigenvalue weighted by Gasteiger charge is 2.03. The zero-order valence-electron chi connectivity index (χ0n) is 8.10. The zero-order valence-corrected chi connectivity index (χ0v) is 8.10. The molecule has 0 aromatic carbocycles.